The monoisotopic (exact) mass is 413 g/mol. The van der Waals surface area contributed by atoms with Crippen molar-refractivity contribution in [1.29, 1.82) is 5.26 Å². The predicted molar refractivity (Wildman–Crippen MR) is 103 cm³/mol. The lowest BCUT2D eigenvalue weighted by Crippen LogP contribution is -2.34. The van der Waals surface area contributed by atoms with Crippen LogP contribution in [0.25, 0.3) is 0 Å². The lowest BCUT2D eigenvalue weighted by Gasteiger charge is -2.24. The van der Waals surface area contributed by atoms with Gasteiger partial charge < -0.3 is 23.0 Å². The van der Waals surface area contributed by atoms with Gasteiger partial charge in [-0.3, -0.25) is 0 Å². The van der Waals surface area contributed by atoms with Crippen LogP contribution in [0.4, 0.5) is 0 Å². The largest absolute Gasteiger partial charge is 0.456 e. The summed E-state index contributed by atoms with van der Waals surface area (Å²) in [7, 11) is 1.40. The van der Waals surface area contributed by atoms with Gasteiger partial charge in [0.25, 0.3) is 0 Å². The molecule has 1 saturated heterocycles. The lowest BCUT2D eigenvalue weighted by molar-refractivity contribution is -0.0303. The topological polar surface area (TPSA) is 87.0 Å². The van der Waals surface area contributed by atoms with Crippen LogP contribution in [0, 0.1) is 17.2 Å². The highest BCUT2D eigenvalue weighted by molar-refractivity contribution is 8.07. The number of esters is 1. The third-order valence-corrected chi connectivity index (χ3v) is 6.84. The van der Waals surface area contributed by atoms with E-state index in [1.807, 2.05) is 26.0 Å². The average Bonchev–Trinajstić information content (AvgIpc) is 2.95. The molecule has 0 saturated carbocycles. The minimum Gasteiger partial charge on any atom is -0.456 e. The van der Waals surface area contributed by atoms with Crippen LogP contribution in [0.2, 0.25) is 0 Å². The van der Waals surface area contributed by atoms with Gasteiger partial charge >= 0.3 is 12.7 Å². The molecule has 0 spiro atoms. The average molecular weight is 413 g/mol. The number of rotatable bonds is 9. The van der Waals surface area contributed by atoms with E-state index < -0.39 is 24.9 Å². The van der Waals surface area contributed by atoms with Gasteiger partial charge in [-0.15, -0.1) is 0 Å². The Morgan fingerprint density at radius 1 is 1.30 bits per heavy atom. The molecule has 1 unspecified atom stereocenters. The van der Waals surface area contributed by atoms with Crippen molar-refractivity contribution in [1.82, 2.24) is 0 Å². The first kappa shape index (κ1) is 22.0. The summed E-state index contributed by atoms with van der Waals surface area (Å²) in [5, 5.41) is 8.61. The van der Waals surface area contributed by atoms with Gasteiger partial charge in [0.05, 0.1) is 37.4 Å². The second-order valence-electron chi connectivity index (χ2n) is 6.14. The highest BCUT2D eigenvalue weighted by Gasteiger charge is 2.43. The van der Waals surface area contributed by atoms with E-state index in [2.05, 4.69) is 0 Å². The summed E-state index contributed by atoms with van der Waals surface area (Å²) in [4.78, 5) is 12.4. The molecule has 1 aliphatic rings. The van der Waals surface area contributed by atoms with E-state index >= 15 is 0 Å². The van der Waals surface area contributed by atoms with Gasteiger partial charge in [0.1, 0.15) is 12.2 Å². The number of carbonyl (C=O) groups is 1. The molecule has 0 aliphatic carbocycles. The summed E-state index contributed by atoms with van der Waals surface area (Å²) in [6, 6.07) is 10.8. The smallest absolute Gasteiger partial charge is 0.338 e. The number of nitriles is 1. The molecule has 0 aromatic heterocycles. The molecule has 148 valence electrons. The predicted octanol–water partition coefficient (Wildman–Crippen LogP) is 3.45. The van der Waals surface area contributed by atoms with Crippen molar-refractivity contribution in [2.24, 2.45) is 5.92 Å². The van der Waals surface area contributed by atoms with E-state index in [-0.39, 0.29) is 31.7 Å². The standard InChI is InChI=1S/C18H24NO6PS/c1-13-14(2)24-16(12-23-26(27,21-3)22-11-7-10-19)17(13)25-18(20)15-8-5-4-6-9-15/h4-6,8-9,13-14,16-17H,7,11-12H2,1-3H3/t13-,14-,16+,17-,26?/m0/s1. The van der Waals surface area contributed by atoms with E-state index in [0.29, 0.717) is 5.56 Å². The van der Waals surface area contributed by atoms with Crippen LogP contribution in [-0.2, 0) is 34.9 Å². The van der Waals surface area contributed by atoms with Gasteiger partial charge in [-0.05, 0) is 30.9 Å². The first-order valence-corrected chi connectivity index (χ1v) is 11.2. The van der Waals surface area contributed by atoms with Crippen LogP contribution in [0.5, 0.6) is 0 Å². The van der Waals surface area contributed by atoms with Crippen molar-refractivity contribution in [2.45, 2.75) is 38.6 Å². The molecule has 27 heavy (non-hydrogen) atoms. The van der Waals surface area contributed by atoms with Crippen molar-refractivity contribution < 1.29 is 27.8 Å². The Morgan fingerprint density at radius 2 is 2.00 bits per heavy atom. The molecule has 1 aliphatic heterocycles. The second kappa shape index (κ2) is 10.3. The zero-order valence-electron chi connectivity index (χ0n) is 15.6. The SMILES string of the molecule is COP(=S)(OCCC#N)OC[C@H]1O[C@@H](C)[C@H](C)[C@@H]1OC(=O)c1ccccc1. The van der Waals surface area contributed by atoms with Crippen LogP contribution in [0.3, 0.4) is 0 Å². The Labute approximate surface area is 164 Å². The Morgan fingerprint density at radius 3 is 2.63 bits per heavy atom. The maximum atomic E-state index is 12.4. The van der Waals surface area contributed by atoms with Crippen molar-refractivity contribution in [2.75, 3.05) is 20.3 Å². The zero-order chi connectivity index (χ0) is 19.9. The summed E-state index contributed by atoms with van der Waals surface area (Å²) < 4.78 is 27.9. The molecule has 0 bridgehead atoms. The van der Waals surface area contributed by atoms with Gasteiger partial charge in [-0.25, -0.2) is 4.79 Å². The van der Waals surface area contributed by atoms with Crippen molar-refractivity contribution in [3.63, 3.8) is 0 Å². The maximum absolute atomic E-state index is 12.4. The van der Waals surface area contributed by atoms with Gasteiger partial charge in [0.2, 0.25) is 0 Å². The first-order valence-electron chi connectivity index (χ1n) is 8.63. The molecule has 1 aromatic rings. The number of hydrogen-bond acceptors (Lipinski definition) is 8. The molecule has 0 amide bonds. The molecule has 0 N–H and O–H groups in total. The molecular formula is C18H24NO6PS. The lowest BCUT2D eigenvalue weighted by atomic mass is 9.99. The maximum Gasteiger partial charge on any atom is 0.338 e. The van der Waals surface area contributed by atoms with Crippen LogP contribution >= 0.6 is 6.72 Å². The Bertz CT molecular complexity index is 710. The van der Waals surface area contributed by atoms with Crippen LogP contribution < -0.4 is 0 Å². The molecule has 5 atom stereocenters. The van der Waals surface area contributed by atoms with Gasteiger partial charge in [0.15, 0.2) is 0 Å². The number of carbonyl (C=O) groups excluding carboxylic acids is 1. The molecule has 9 heteroatoms. The minimum absolute atomic E-state index is 0.00818. The fourth-order valence-electron chi connectivity index (χ4n) is 2.68. The summed E-state index contributed by atoms with van der Waals surface area (Å²) in [6.45, 7) is 1.10. The minimum atomic E-state index is -2.98. The first-order chi connectivity index (χ1) is 12.9. The quantitative estimate of drug-likeness (QED) is 0.346. The van der Waals surface area contributed by atoms with Crippen molar-refractivity contribution in [3.05, 3.63) is 35.9 Å². The van der Waals surface area contributed by atoms with E-state index in [4.69, 9.17) is 40.1 Å². The number of ether oxygens (including phenoxy) is 2. The Kier molecular flexibility index (Phi) is 8.36. The van der Waals surface area contributed by atoms with Crippen molar-refractivity contribution >= 4 is 24.5 Å². The summed E-state index contributed by atoms with van der Waals surface area (Å²) in [5.74, 6) is -0.419. The number of benzene rings is 1. The van der Waals surface area contributed by atoms with Gasteiger partial charge in [-0.1, -0.05) is 25.1 Å². The molecular weight excluding hydrogens is 389 g/mol. The Hall–Kier alpha value is -1.33. The third-order valence-electron chi connectivity index (χ3n) is 4.35. The van der Waals surface area contributed by atoms with E-state index in [0.717, 1.165) is 0 Å². The second-order valence-corrected chi connectivity index (χ2v) is 9.26. The van der Waals surface area contributed by atoms with E-state index in [1.165, 1.54) is 7.11 Å². The fourth-order valence-corrected chi connectivity index (χ4v) is 4.01. The fraction of sp³-hybridized carbons (Fsp3) is 0.556. The van der Waals surface area contributed by atoms with Gasteiger partial charge in [-0.2, -0.15) is 5.26 Å². The number of nitrogens with zero attached hydrogens (tertiary/aromatic N) is 1. The van der Waals surface area contributed by atoms with Gasteiger partial charge in [0, 0.05) is 13.0 Å². The van der Waals surface area contributed by atoms with Crippen LogP contribution in [-0.4, -0.2) is 44.6 Å². The third kappa shape index (κ3) is 6.08. The van der Waals surface area contributed by atoms with E-state index in [9.17, 15) is 4.79 Å². The highest BCUT2D eigenvalue weighted by Crippen LogP contribution is 2.49. The van der Waals surface area contributed by atoms with Crippen LogP contribution in [0.1, 0.15) is 30.6 Å². The normalized spacial score (nSPS) is 26.9. The molecule has 1 aromatic carbocycles. The summed E-state index contributed by atoms with van der Waals surface area (Å²) >= 11 is 5.28. The van der Waals surface area contributed by atoms with E-state index in [1.54, 1.807) is 24.3 Å². The van der Waals surface area contributed by atoms with Crippen molar-refractivity contribution in [3.8, 4) is 6.07 Å². The molecule has 2 rings (SSSR count). The molecule has 0 radical (unpaired) electrons. The summed E-state index contributed by atoms with van der Waals surface area (Å²) in [6.07, 6.45) is -0.880. The Balaban J connectivity index is 2.00. The summed E-state index contributed by atoms with van der Waals surface area (Å²) in [5.41, 5.74) is 0.478. The molecule has 7 nitrogen and oxygen atoms in total. The zero-order valence-corrected chi connectivity index (χ0v) is 17.3. The van der Waals surface area contributed by atoms with Crippen LogP contribution in [0.15, 0.2) is 30.3 Å². The number of hydrogen-bond donors (Lipinski definition) is 0. The molecule has 1 heterocycles. The highest BCUT2D eigenvalue weighted by atomic mass is 32.5. The molecule has 1 fully saturated rings.